The second-order valence-corrected chi connectivity index (χ2v) is 19.3. The summed E-state index contributed by atoms with van der Waals surface area (Å²) in [6.07, 6.45) is 1.09. The Morgan fingerprint density at radius 1 is 0.857 bits per heavy atom. The molecular formula is C21H46LiN4Si2+3. The number of nitrogens with one attached hydrogen (secondary N) is 3. The zero-order valence-corrected chi connectivity index (χ0v) is 22.9. The van der Waals surface area contributed by atoms with Crippen LogP contribution in [0, 0.1) is 0 Å². The Balaban J connectivity index is 0. The van der Waals surface area contributed by atoms with Gasteiger partial charge in [-0.05, 0) is 31.6 Å². The second kappa shape index (κ2) is 13.8. The molecule has 0 aliphatic rings. The van der Waals surface area contributed by atoms with Crippen molar-refractivity contribution >= 4 is 22.3 Å². The molecule has 156 valence electrons. The minimum absolute atomic E-state index is 0. The first-order valence-electron chi connectivity index (χ1n) is 10.3. The molecule has 0 saturated carbocycles. The van der Waals surface area contributed by atoms with E-state index in [2.05, 4.69) is 103 Å². The van der Waals surface area contributed by atoms with Crippen molar-refractivity contribution in [1.82, 2.24) is 0 Å². The zero-order chi connectivity index (χ0) is 21.3. The Hall–Kier alpha value is -0.359. The van der Waals surface area contributed by atoms with Crippen molar-refractivity contribution in [1.29, 1.82) is 0 Å². The summed E-state index contributed by atoms with van der Waals surface area (Å²) < 4.78 is 3.69. The molecule has 0 atom stereocenters. The molecule has 0 amide bonds. The first-order chi connectivity index (χ1) is 12.2. The van der Waals surface area contributed by atoms with Gasteiger partial charge in [-0.25, -0.2) is 0 Å². The second-order valence-electron chi connectivity index (χ2n) is 9.97. The summed E-state index contributed by atoms with van der Waals surface area (Å²) in [6.45, 7) is 18.5. The van der Waals surface area contributed by atoms with E-state index in [1.807, 2.05) is 0 Å². The monoisotopic (exact) mass is 417 g/mol. The van der Waals surface area contributed by atoms with Gasteiger partial charge >= 0.3 is 18.9 Å². The summed E-state index contributed by atoms with van der Waals surface area (Å²) in [4.78, 5) is 8.07. The number of hydrogen-bond donors (Lipinski definition) is 3. The Bertz CT molecular complexity index is 551. The van der Waals surface area contributed by atoms with Gasteiger partial charge in [-0.2, -0.15) is 0 Å². The van der Waals surface area contributed by atoms with Crippen molar-refractivity contribution in [3.05, 3.63) is 40.4 Å². The molecule has 3 N–H and O–H groups in total. The maximum atomic E-state index is 5.00. The normalized spacial score (nSPS) is 12.4. The van der Waals surface area contributed by atoms with Crippen molar-refractivity contribution in [2.75, 3.05) is 41.3 Å². The minimum atomic E-state index is -1.48. The molecule has 0 aromatic heterocycles. The van der Waals surface area contributed by atoms with Gasteiger partial charge in [0.05, 0.1) is 28.2 Å². The third-order valence-electron chi connectivity index (χ3n) is 3.70. The third kappa shape index (κ3) is 16.6. The zero-order valence-electron chi connectivity index (χ0n) is 20.9. The van der Waals surface area contributed by atoms with Crippen LogP contribution < -0.4 is 33.3 Å². The molecule has 0 aliphatic heterocycles. The number of likely N-dealkylation sites (N-methyl/N-ethyl adjacent to an activating group) is 2. The van der Waals surface area contributed by atoms with Gasteiger partial charge in [0.1, 0.15) is 27.2 Å². The summed E-state index contributed by atoms with van der Waals surface area (Å²) in [7, 11) is 5.87. The van der Waals surface area contributed by atoms with Crippen LogP contribution in [-0.4, -0.2) is 63.6 Å². The summed E-state index contributed by atoms with van der Waals surface area (Å²) in [5.41, 5.74) is 2.60. The van der Waals surface area contributed by atoms with E-state index in [9.17, 15) is 0 Å². The van der Waals surface area contributed by atoms with Crippen molar-refractivity contribution in [2.45, 2.75) is 52.6 Å². The van der Waals surface area contributed by atoms with Crippen LogP contribution in [0.1, 0.15) is 18.1 Å². The largest absolute Gasteiger partial charge is 1.00 e. The predicted molar refractivity (Wildman–Crippen MR) is 126 cm³/mol. The van der Waals surface area contributed by atoms with E-state index < -0.39 is 16.5 Å². The van der Waals surface area contributed by atoms with Crippen LogP contribution >= 0.6 is 0 Å². The van der Waals surface area contributed by atoms with Crippen LogP contribution in [0.2, 0.25) is 39.3 Å². The summed E-state index contributed by atoms with van der Waals surface area (Å²) in [6, 6.07) is 8.82. The van der Waals surface area contributed by atoms with Gasteiger partial charge in [0.25, 0.3) is 0 Å². The molecule has 0 spiro atoms. The number of rotatable bonds is 7. The van der Waals surface area contributed by atoms with Gasteiger partial charge in [0, 0.05) is 5.56 Å². The Morgan fingerprint density at radius 3 is 1.57 bits per heavy atom. The minimum Gasteiger partial charge on any atom is -0.396 e. The van der Waals surface area contributed by atoms with Gasteiger partial charge in [0.2, 0.25) is 0 Å². The number of quaternary nitrogens is 2. The number of nitrogens with zero attached hydrogens (tertiary/aromatic N) is 1. The van der Waals surface area contributed by atoms with Crippen LogP contribution in [0.5, 0.6) is 0 Å². The van der Waals surface area contributed by atoms with Crippen molar-refractivity contribution in [3.63, 3.8) is 0 Å². The molecule has 4 nitrogen and oxygen atoms in total. The Morgan fingerprint density at radius 2 is 1.29 bits per heavy atom. The first-order valence-corrected chi connectivity index (χ1v) is 17.2. The van der Waals surface area contributed by atoms with Crippen LogP contribution in [0.25, 0.3) is 4.98 Å². The van der Waals surface area contributed by atoms with Crippen LogP contribution in [0.3, 0.4) is 0 Å². The number of aryl methyl sites for hydroxylation is 1. The van der Waals surface area contributed by atoms with E-state index >= 15 is 0 Å². The molecule has 7 heteroatoms. The molecule has 1 aromatic rings. The van der Waals surface area contributed by atoms with E-state index in [4.69, 9.17) is 4.98 Å². The molecule has 1 aromatic carbocycles. The van der Waals surface area contributed by atoms with Gasteiger partial charge in [-0.15, -0.1) is 0 Å². The van der Waals surface area contributed by atoms with E-state index in [1.54, 1.807) is 0 Å². The summed E-state index contributed by atoms with van der Waals surface area (Å²) in [5, 5.41) is 0. The van der Waals surface area contributed by atoms with Crippen LogP contribution in [0.4, 0.5) is 0 Å². The molecule has 0 unspecified atom stereocenters. The van der Waals surface area contributed by atoms with Gasteiger partial charge < -0.3 is 19.4 Å². The average Bonchev–Trinajstić information content (AvgIpc) is 2.50. The molecule has 1 rings (SSSR count). The van der Waals surface area contributed by atoms with E-state index in [0.717, 1.165) is 12.3 Å². The topological polar surface area (TPSA) is 36.9 Å². The van der Waals surface area contributed by atoms with Crippen LogP contribution in [0.15, 0.2) is 24.3 Å². The quantitative estimate of drug-likeness (QED) is 0.247. The summed E-state index contributed by atoms with van der Waals surface area (Å²) in [5.74, 6) is 1.10. The first kappa shape index (κ1) is 29.8. The summed E-state index contributed by atoms with van der Waals surface area (Å²) >= 11 is 0. The van der Waals surface area contributed by atoms with E-state index in [-0.39, 0.29) is 18.9 Å². The van der Waals surface area contributed by atoms with Gasteiger partial charge in [-0.3, -0.25) is 0 Å². The number of amidine groups is 1. The van der Waals surface area contributed by atoms with E-state index in [0.29, 0.717) is 0 Å². The maximum absolute atomic E-state index is 5.00. The molecule has 0 radical (unpaired) electrons. The van der Waals surface area contributed by atoms with Crippen molar-refractivity contribution in [3.8, 4) is 0 Å². The van der Waals surface area contributed by atoms with E-state index in [1.165, 1.54) is 34.0 Å². The smallest absolute Gasteiger partial charge is 0.396 e. The van der Waals surface area contributed by atoms with Gasteiger partial charge in [0.15, 0.2) is 8.24 Å². The molecule has 28 heavy (non-hydrogen) atoms. The number of hydrogen-bond acceptors (Lipinski definition) is 0. The fourth-order valence-electron chi connectivity index (χ4n) is 2.25. The molecule has 0 fully saturated rings. The molecule has 0 bridgehead atoms. The Kier molecular flexibility index (Phi) is 14.7. The predicted octanol–water partition coefficient (Wildman–Crippen LogP) is -2.60. The molecule has 0 aliphatic carbocycles. The average molecular weight is 418 g/mol. The molecular weight excluding hydrogens is 371 g/mol. The SMILES string of the molecule is CCc1ccc(/C([N-][Si](C)(C)C)=[NH+]\[Si](C)(C)C)cc1.C[NH+](C)CC[NH+](C)C.[Li+]. The third-order valence-corrected chi connectivity index (χ3v) is 5.58. The van der Waals surface area contributed by atoms with Crippen molar-refractivity contribution in [2.24, 2.45) is 0 Å². The van der Waals surface area contributed by atoms with Crippen LogP contribution in [-0.2, 0) is 6.42 Å². The fraction of sp³-hybridized carbons (Fsp3) is 0.667. The van der Waals surface area contributed by atoms with Crippen molar-refractivity contribution < 1.29 is 33.3 Å². The number of benzene rings is 1. The maximum Gasteiger partial charge on any atom is 1.00 e. The Labute approximate surface area is 189 Å². The molecule has 0 heterocycles. The standard InChI is InChI=1S/C15H27N2Si2.C6H16N2.Li/c1-8-13-9-11-14(12-10-13)15(16-18(2,3)4)17-19(5,6)7;1-7(2)5-6-8(3)4;/h9-12H,8H2,1-7H3;5-6H2,1-4H3;/q-1;;+1/p+3. The molecule has 0 saturated heterocycles. The van der Waals surface area contributed by atoms with Gasteiger partial charge in [-0.1, -0.05) is 50.8 Å². The fourth-order valence-corrected chi connectivity index (χ4v) is 4.13.